The summed E-state index contributed by atoms with van der Waals surface area (Å²) in [6, 6.07) is 23.1. The molecule has 2 unspecified atom stereocenters. The molecule has 0 bridgehead atoms. The number of likely N-dealkylation sites (tertiary alicyclic amines) is 1. The fourth-order valence-electron chi connectivity index (χ4n) is 6.30. The van der Waals surface area contributed by atoms with Gasteiger partial charge in [0, 0.05) is 23.5 Å². The summed E-state index contributed by atoms with van der Waals surface area (Å²) >= 11 is 0. The highest BCUT2D eigenvalue weighted by atomic mass is 32.2. The molecule has 0 spiro atoms. The standard InChI is InChI=1S/C34H34N6O6S/c1-2-21-19-34(21,32(42)39-47(44,45)24-16-17-24)35-31(41)29-18-23(20-40(29)33(43)37-36-22-10-4-3-5-11-22)46-38-30-27-14-8-6-12-25(27)26-13-7-9-15-28(26)30/h2-15,21,23-24,29,36H,1,16-20H2,(H,35,41)(H,37,43)(H,39,42)/t21-,23?,29+,34?/m1/s1. The van der Waals surface area contributed by atoms with Gasteiger partial charge in [-0.25, -0.2) is 13.2 Å². The van der Waals surface area contributed by atoms with Crippen molar-refractivity contribution in [3.63, 3.8) is 0 Å². The number of fused-ring (bicyclic) bond motifs is 3. The second-order valence-electron chi connectivity index (χ2n) is 12.3. The highest BCUT2D eigenvalue weighted by Gasteiger charge is 2.62. The van der Waals surface area contributed by atoms with Crippen molar-refractivity contribution in [2.75, 3.05) is 12.0 Å². The van der Waals surface area contributed by atoms with Crippen molar-refractivity contribution in [2.45, 2.75) is 48.6 Å². The molecule has 1 aliphatic heterocycles. The quantitative estimate of drug-likeness (QED) is 0.151. The van der Waals surface area contributed by atoms with E-state index in [0.717, 1.165) is 22.3 Å². The number of carbonyl (C=O) groups is 3. The molecular weight excluding hydrogens is 620 g/mol. The van der Waals surface area contributed by atoms with E-state index in [1.54, 1.807) is 12.1 Å². The summed E-state index contributed by atoms with van der Waals surface area (Å²) in [5.41, 5.74) is 9.20. The maximum atomic E-state index is 13.9. The number of benzene rings is 3. The largest absolute Gasteiger partial charge is 0.390 e. The first-order chi connectivity index (χ1) is 22.7. The van der Waals surface area contributed by atoms with E-state index in [2.05, 4.69) is 32.6 Å². The van der Waals surface area contributed by atoms with Crippen LogP contribution in [0, 0.1) is 5.92 Å². The zero-order valence-electron chi connectivity index (χ0n) is 25.4. The number of rotatable bonds is 10. The topological polar surface area (TPSA) is 158 Å². The average Bonchev–Trinajstić information content (AvgIpc) is 3.99. The van der Waals surface area contributed by atoms with Crippen LogP contribution in [-0.2, 0) is 24.4 Å². The van der Waals surface area contributed by atoms with Gasteiger partial charge in [0.1, 0.15) is 23.4 Å². The van der Waals surface area contributed by atoms with Gasteiger partial charge in [0.15, 0.2) is 0 Å². The van der Waals surface area contributed by atoms with Crippen LogP contribution in [0.3, 0.4) is 0 Å². The Morgan fingerprint density at radius 3 is 2.13 bits per heavy atom. The maximum absolute atomic E-state index is 13.9. The second kappa shape index (κ2) is 11.9. The van der Waals surface area contributed by atoms with Crippen molar-refractivity contribution in [3.8, 4) is 11.1 Å². The third-order valence-corrected chi connectivity index (χ3v) is 10.9. The Hall–Kier alpha value is -5.17. The maximum Gasteiger partial charge on any atom is 0.336 e. The van der Waals surface area contributed by atoms with Gasteiger partial charge in [-0.1, -0.05) is 78.0 Å². The highest BCUT2D eigenvalue weighted by Crippen LogP contribution is 2.45. The molecule has 0 aromatic heterocycles. The zero-order valence-corrected chi connectivity index (χ0v) is 26.2. The molecule has 4 atom stereocenters. The Bertz CT molecular complexity index is 1850. The number of oxime groups is 1. The number of nitrogens with one attached hydrogen (secondary N) is 4. The molecule has 4 amide bonds. The van der Waals surface area contributed by atoms with Crippen molar-refractivity contribution >= 4 is 39.3 Å². The van der Waals surface area contributed by atoms with Gasteiger partial charge in [-0.05, 0) is 42.5 Å². The van der Waals surface area contributed by atoms with E-state index in [9.17, 15) is 22.8 Å². The van der Waals surface area contributed by atoms with Crippen LogP contribution in [0.2, 0.25) is 0 Å². The number of carbonyl (C=O) groups excluding carboxylic acids is 3. The smallest absolute Gasteiger partial charge is 0.336 e. The Balaban J connectivity index is 1.11. The Labute approximate surface area is 272 Å². The molecule has 4 aliphatic rings. The predicted molar refractivity (Wildman–Crippen MR) is 175 cm³/mol. The molecule has 0 radical (unpaired) electrons. The number of urea groups is 1. The summed E-state index contributed by atoms with van der Waals surface area (Å²) in [6.45, 7) is 3.78. The molecule has 47 heavy (non-hydrogen) atoms. The fourth-order valence-corrected chi connectivity index (χ4v) is 7.67. The Kier molecular flexibility index (Phi) is 7.71. The van der Waals surface area contributed by atoms with E-state index in [1.165, 1.54) is 11.0 Å². The summed E-state index contributed by atoms with van der Waals surface area (Å²) in [4.78, 5) is 48.0. The fraction of sp³-hybridized carbons (Fsp3) is 0.294. The minimum absolute atomic E-state index is 0.0284. The van der Waals surface area contributed by atoms with Crippen molar-refractivity contribution < 1.29 is 27.6 Å². The molecule has 12 nitrogen and oxygen atoms in total. The van der Waals surface area contributed by atoms with Gasteiger partial charge >= 0.3 is 6.03 Å². The first-order valence-corrected chi connectivity index (χ1v) is 17.1. The first kappa shape index (κ1) is 30.5. The van der Waals surface area contributed by atoms with Crippen LogP contribution < -0.4 is 20.9 Å². The number of nitrogens with zero attached hydrogens (tertiary/aromatic N) is 2. The SMILES string of the molecule is C=C[C@@H]1CC1(NC(=O)[C@@H]1CC(ON=C2c3ccccc3-c3ccccc32)CN1C(=O)NNc1ccccc1)C(=O)NS(=O)(=O)C1CC1. The number of hydrogen-bond donors (Lipinski definition) is 4. The minimum atomic E-state index is -3.84. The molecule has 4 N–H and O–H groups in total. The summed E-state index contributed by atoms with van der Waals surface area (Å²) in [5.74, 6) is -1.89. The lowest BCUT2D eigenvalue weighted by Gasteiger charge is -2.26. The van der Waals surface area contributed by atoms with E-state index in [4.69, 9.17) is 4.84 Å². The van der Waals surface area contributed by atoms with Crippen LogP contribution in [0.5, 0.6) is 0 Å². The van der Waals surface area contributed by atoms with E-state index >= 15 is 0 Å². The molecule has 242 valence electrons. The number of para-hydroxylation sites is 1. The lowest BCUT2D eigenvalue weighted by Crippen LogP contribution is -2.57. The van der Waals surface area contributed by atoms with Crippen LogP contribution in [0.25, 0.3) is 11.1 Å². The van der Waals surface area contributed by atoms with E-state index in [-0.39, 0.29) is 19.4 Å². The molecule has 7 rings (SSSR count). The number of sulfonamides is 1. The van der Waals surface area contributed by atoms with Gasteiger partial charge in [-0.3, -0.25) is 25.2 Å². The number of anilines is 1. The molecule has 1 heterocycles. The molecule has 13 heteroatoms. The van der Waals surface area contributed by atoms with E-state index in [0.29, 0.717) is 24.2 Å². The molecular formula is C34H34N6O6S. The summed E-state index contributed by atoms with van der Waals surface area (Å²) in [7, 11) is -3.84. The third-order valence-electron chi connectivity index (χ3n) is 9.11. The average molecular weight is 655 g/mol. The lowest BCUT2D eigenvalue weighted by atomic mass is 10.1. The number of hydrazine groups is 1. The van der Waals surface area contributed by atoms with E-state index < -0.39 is 56.7 Å². The molecule has 3 aromatic carbocycles. The van der Waals surface area contributed by atoms with Crippen molar-refractivity contribution in [1.29, 1.82) is 0 Å². The van der Waals surface area contributed by atoms with Gasteiger partial charge in [-0.15, -0.1) is 6.58 Å². The highest BCUT2D eigenvalue weighted by molar-refractivity contribution is 7.91. The number of hydrogen-bond acceptors (Lipinski definition) is 8. The molecule has 1 saturated heterocycles. The molecule has 3 aromatic rings. The van der Waals surface area contributed by atoms with Crippen molar-refractivity contribution in [3.05, 3.63) is 103 Å². The van der Waals surface area contributed by atoms with Crippen molar-refractivity contribution in [2.24, 2.45) is 11.1 Å². The van der Waals surface area contributed by atoms with Crippen LogP contribution in [0.1, 0.15) is 36.8 Å². The van der Waals surface area contributed by atoms with Crippen LogP contribution in [-0.4, -0.2) is 66.4 Å². The van der Waals surface area contributed by atoms with Gasteiger partial charge in [0.2, 0.25) is 15.9 Å². The molecule has 3 fully saturated rings. The van der Waals surface area contributed by atoms with Crippen molar-refractivity contribution in [1.82, 2.24) is 20.4 Å². The Morgan fingerprint density at radius 2 is 1.53 bits per heavy atom. The van der Waals surface area contributed by atoms with Crippen LogP contribution in [0.15, 0.2) is 96.7 Å². The zero-order chi connectivity index (χ0) is 32.8. The van der Waals surface area contributed by atoms with Gasteiger partial charge in [-0.2, -0.15) is 0 Å². The summed E-state index contributed by atoms with van der Waals surface area (Å²) < 4.78 is 27.3. The van der Waals surface area contributed by atoms with Gasteiger partial charge < -0.3 is 15.1 Å². The molecule has 2 saturated carbocycles. The van der Waals surface area contributed by atoms with Gasteiger partial charge in [0.05, 0.1) is 17.5 Å². The monoisotopic (exact) mass is 654 g/mol. The summed E-state index contributed by atoms with van der Waals surface area (Å²) in [6.07, 6.45) is 2.11. The minimum Gasteiger partial charge on any atom is -0.390 e. The summed E-state index contributed by atoms with van der Waals surface area (Å²) in [5, 5.41) is 6.71. The Morgan fingerprint density at radius 1 is 0.915 bits per heavy atom. The first-order valence-electron chi connectivity index (χ1n) is 15.5. The second-order valence-corrected chi connectivity index (χ2v) is 14.2. The third kappa shape index (κ3) is 5.82. The van der Waals surface area contributed by atoms with E-state index in [1.807, 2.05) is 66.7 Å². The van der Waals surface area contributed by atoms with Crippen LogP contribution in [0.4, 0.5) is 10.5 Å². The lowest BCUT2D eigenvalue weighted by molar-refractivity contribution is -0.131. The molecule has 3 aliphatic carbocycles. The predicted octanol–water partition coefficient (Wildman–Crippen LogP) is 3.28. The van der Waals surface area contributed by atoms with Crippen LogP contribution >= 0.6 is 0 Å². The van der Waals surface area contributed by atoms with Gasteiger partial charge in [0.25, 0.3) is 5.91 Å². The normalized spacial score (nSPS) is 24.0. The number of amides is 4.